The van der Waals surface area contributed by atoms with E-state index in [0.29, 0.717) is 22.5 Å². The molecule has 0 saturated heterocycles. The Kier molecular flexibility index (Phi) is 5.43. The highest BCUT2D eigenvalue weighted by molar-refractivity contribution is 6.30. The molecule has 26 heavy (non-hydrogen) atoms. The summed E-state index contributed by atoms with van der Waals surface area (Å²) in [5.74, 6) is 2.48. The number of ether oxygens (including phenoxy) is 2. The summed E-state index contributed by atoms with van der Waals surface area (Å²) in [5.41, 5.74) is 2.65. The van der Waals surface area contributed by atoms with Crippen molar-refractivity contribution >= 4 is 34.7 Å². The molecule has 3 aromatic rings. The predicted octanol–water partition coefficient (Wildman–Crippen LogP) is 4.94. The number of nitrogens with one attached hydrogen (secondary N) is 2. The van der Waals surface area contributed by atoms with Crippen LogP contribution < -0.4 is 20.1 Å². The molecule has 1 heterocycles. The summed E-state index contributed by atoms with van der Waals surface area (Å²) in [7, 11) is 3.23. The van der Waals surface area contributed by atoms with Crippen molar-refractivity contribution in [3.8, 4) is 11.5 Å². The van der Waals surface area contributed by atoms with Gasteiger partial charge in [0.2, 0.25) is 5.95 Å². The molecule has 0 atom stereocenters. The first-order valence-electron chi connectivity index (χ1n) is 7.94. The molecular weight excluding hydrogens is 352 g/mol. The number of halogens is 1. The molecule has 0 radical (unpaired) electrons. The number of nitrogens with zero attached hydrogens (tertiary/aromatic N) is 2. The first-order chi connectivity index (χ1) is 12.6. The lowest BCUT2D eigenvalue weighted by Crippen LogP contribution is -2.02. The van der Waals surface area contributed by atoms with Crippen LogP contribution in [0.5, 0.6) is 11.5 Å². The molecule has 1 aromatic heterocycles. The fourth-order valence-electron chi connectivity index (χ4n) is 2.39. The van der Waals surface area contributed by atoms with Gasteiger partial charge in [0.05, 0.1) is 19.9 Å². The smallest absolute Gasteiger partial charge is 0.229 e. The van der Waals surface area contributed by atoms with E-state index in [2.05, 4.69) is 20.6 Å². The van der Waals surface area contributed by atoms with Crippen LogP contribution in [0.25, 0.3) is 0 Å². The monoisotopic (exact) mass is 370 g/mol. The average molecular weight is 371 g/mol. The molecule has 2 aromatic carbocycles. The van der Waals surface area contributed by atoms with Crippen molar-refractivity contribution in [3.63, 3.8) is 0 Å². The van der Waals surface area contributed by atoms with Crippen molar-refractivity contribution in [2.45, 2.75) is 6.92 Å². The predicted molar refractivity (Wildman–Crippen MR) is 104 cm³/mol. The number of aromatic nitrogens is 2. The first kappa shape index (κ1) is 17.8. The van der Waals surface area contributed by atoms with Crippen LogP contribution in [0, 0.1) is 6.92 Å². The fourth-order valence-corrected chi connectivity index (χ4v) is 2.56. The Balaban J connectivity index is 1.85. The van der Waals surface area contributed by atoms with E-state index in [4.69, 9.17) is 21.1 Å². The van der Waals surface area contributed by atoms with E-state index in [1.165, 1.54) is 0 Å². The van der Waals surface area contributed by atoms with E-state index in [1.54, 1.807) is 26.5 Å². The second-order valence-electron chi connectivity index (χ2n) is 5.54. The van der Waals surface area contributed by atoms with Crippen molar-refractivity contribution in [1.29, 1.82) is 0 Å². The van der Waals surface area contributed by atoms with E-state index in [1.807, 2.05) is 43.3 Å². The molecule has 6 nitrogen and oxygen atoms in total. The summed E-state index contributed by atoms with van der Waals surface area (Å²) in [4.78, 5) is 8.75. The second-order valence-corrected chi connectivity index (χ2v) is 5.98. The first-order valence-corrected chi connectivity index (χ1v) is 8.32. The third kappa shape index (κ3) is 4.15. The van der Waals surface area contributed by atoms with Gasteiger partial charge in [-0.05, 0) is 42.8 Å². The zero-order chi connectivity index (χ0) is 18.5. The molecule has 0 saturated carbocycles. The van der Waals surface area contributed by atoms with Crippen LogP contribution in [0.2, 0.25) is 5.02 Å². The van der Waals surface area contributed by atoms with Crippen molar-refractivity contribution in [1.82, 2.24) is 9.97 Å². The molecule has 0 amide bonds. The minimum absolute atomic E-state index is 0.460. The number of methoxy groups -OCH3 is 2. The molecule has 0 unspecified atom stereocenters. The van der Waals surface area contributed by atoms with Crippen molar-refractivity contribution in [2.24, 2.45) is 0 Å². The maximum absolute atomic E-state index is 6.06. The Morgan fingerprint density at radius 3 is 2.54 bits per heavy atom. The second kappa shape index (κ2) is 7.93. The number of anilines is 4. The average Bonchev–Trinajstić information content (AvgIpc) is 2.65. The zero-order valence-corrected chi connectivity index (χ0v) is 15.5. The molecule has 0 bridgehead atoms. The zero-order valence-electron chi connectivity index (χ0n) is 14.7. The highest BCUT2D eigenvalue weighted by atomic mass is 35.5. The van der Waals surface area contributed by atoms with Crippen molar-refractivity contribution < 1.29 is 9.47 Å². The van der Waals surface area contributed by atoms with Crippen LogP contribution in [-0.2, 0) is 0 Å². The minimum atomic E-state index is 0.460. The molecule has 3 rings (SSSR count). The number of rotatable bonds is 6. The molecule has 0 spiro atoms. The highest BCUT2D eigenvalue weighted by Crippen LogP contribution is 2.31. The Hall–Kier alpha value is -2.99. The molecule has 2 N–H and O–H groups in total. The Morgan fingerprint density at radius 1 is 0.923 bits per heavy atom. The van der Waals surface area contributed by atoms with Gasteiger partial charge in [-0.2, -0.15) is 4.98 Å². The lowest BCUT2D eigenvalue weighted by atomic mass is 10.2. The summed E-state index contributed by atoms with van der Waals surface area (Å²) in [6.07, 6.45) is 1.67. The standard InChI is InChI=1S/C19H19ClN4O2/c1-12-4-5-13(20)10-15(12)23-19-21-9-8-18(24-19)22-16-11-14(25-2)6-7-17(16)26-3/h4-11H,1-3H3,(H2,21,22,23,24). The Labute approximate surface area is 157 Å². The quantitative estimate of drug-likeness (QED) is 0.640. The van der Waals surface area contributed by atoms with E-state index in [-0.39, 0.29) is 0 Å². The van der Waals surface area contributed by atoms with Gasteiger partial charge in [0, 0.05) is 23.0 Å². The van der Waals surface area contributed by atoms with Crippen molar-refractivity contribution in [2.75, 3.05) is 24.9 Å². The van der Waals surface area contributed by atoms with Gasteiger partial charge >= 0.3 is 0 Å². The van der Waals surface area contributed by atoms with Gasteiger partial charge in [0.15, 0.2) is 0 Å². The molecule has 0 aliphatic carbocycles. The van der Waals surface area contributed by atoms with Gasteiger partial charge in [0.1, 0.15) is 17.3 Å². The fraction of sp³-hybridized carbons (Fsp3) is 0.158. The Morgan fingerprint density at radius 2 is 1.77 bits per heavy atom. The summed E-state index contributed by atoms with van der Waals surface area (Å²) >= 11 is 6.06. The van der Waals surface area contributed by atoms with Crippen LogP contribution in [0.15, 0.2) is 48.7 Å². The summed E-state index contributed by atoms with van der Waals surface area (Å²) < 4.78 is 10.6. The molecular formula is C19H19ClN4O2. The van der Waals surface area contributed by atoms with Gasteiger partial charge in [-0.1, -0.05) is 17.7 Å². The van der Waals surface area contributed by atoms with E-state index < -0.39 is 0 Å². The molecule has 0 aliphatic rings. The summed E-state index contributed by atoms with van der Waals surface area (Å²) in [6, 6.07) is 12.9. The topological polar surface area (TPSA) is 68.3 Å². The van der Waals surface area contributed by atoms with Crippen LogP contribution in [0.3, 0.4) is 0 Å². The maximum atomic E-state index is 6.06. The molecule has 7 heteroatoms. The van der Waals surface area contributed by atoms with E-state index in [9.17, 15) is 0 Å². The van der Waals surface area contributed by atoms with Crippen LogP contribution in [0.4, 0.5) is 23.1 Å². The maximum Gasteiger partial charge on any atom is 0.229 e. The molecule has 134 valence electrons. The van der Waals surface area contributed by atoms with Crippen LogP contribution in [0.1, 0.15) is 5.56 Å². The van der Waals surface area contributed by atoms with E-state index >= 15 is 0 Å². The third-order valence-corrected chi connectivity index (χ3v) is 4.01. The van der Waals surface area contributed by atoms with Gasteiger partial charge in [0.25, 0.3) is 0 Å². The van der Waals surface area contributed by atoms with Crippen LogP contribution in [-0.4, -0.2) is 24.2 Å². The van der Waals surface area contributed by atoms with Gasteiger partial charge in [-0.25, -0.2) is 4.98 Å². The molecule has 0 fully saturated rings. The van der Waals surface area contributed by atoms with Crippen molar-refractivity contribution in [3.05, 3.63) is 59.2 Å². The number of hydrogen-bond acceptors (Lipinski definition) is 6. The lowest BCUT2D eigenvalue weighted by Gasteiger charge is -2.13. The number of aryl methyl sites for hydroxylation is 1. The SMILES string of the molecule is COc1ccc(OC)c(Nc2ccnc(Nc3cc(Cl)ccc3C)n2)c1. The largest absolute Gasteiger partial charge is 0.497 e. The number of benzene rings is 2. The van der Waals surface area contributed by atoms with Crippen LogP contribution >= 0.6 is 11.6 Å². The third-order valence-electron chi connectivity index (χ3n) is 3.77. The summed E-state index contributed by atoms with van der Waals surface area (Å²) in [6.45, 7) is 1.99. The van der Waals surface area contributed by atoms with E-state index in [0.717, 1.165) is 22.7 Å². The van der Waals surface area contributed by atoms with Gasteiger partial charge in [-0.3, -0.25) is 0 Å². The highest BCUT2D eigenvalue weighted by Gasteiger charge is 2.08. The normalized spacial score (nSPS) is 10.3. The Bertz CT molecular complexity index is 918. The summed E-state index contributed by atoms with van der Waals surface area (Å²) in [5, 5.41) is 7.06. The minimum Gasteiger partial charge on any atom is -0.497 e. The number of hydrogen-bond donors (Lipinski definition) is 2. The van der Waals surface area contributed by atoms with Gasteiger partial charge in [-0.15, -0.1) is 0 Å². The molecule has 0 aliphatic heterocycles. The van der Waals surface area contributed by atoms with Gasteiger partial charge < -0.3 is 20.1 Å². The lowest BCUT2D eigenvalue weighted by molar-refractivity contribution is 0.405.